The first-order chi connectivity index (χ1) is 8.15. The van der Waals surface area contributed by atoms with Gasteiger partial charge in [-0.15, -0.1) is 0 Å². The highest BCUT2D eigenvalue weighted by atomic mass is 79.9. The first-order valence-electron chi connectivity index (χ1n) is 5.05. The highest BCUT2D eigenvalue weighted by molar-refractivity contribution is 9.10. The van der Waals surface area contributed by atoms with Crippen molar-refractivity contribution >= 4 is 27.6 Å². The summed E-state index contributed by atoms with van der Waals surface area (Å²) in [6, 6.07) is 9.90. The summed E-state index contributed by atoms with van der Waals surface area (Å²) in [5, 5.41) is 3.08. The third-order valence-electron chi connectivity index (χ3n) is 2.24. The molecule has 0 saturated heterocycles. The maximum Gasteiger partial charge on any atom is 0.128 e. The Bertz CT molecular complexity index is 531. The van der Waals surface area contributed by atoms with E-state index in [0.29, 0.717) is 18.2 Å². The summed E-state index contributed by atoms with van der Waals surface area (Å²) >= 11 is 3.37. The summed E-state index contributed by atoms with van der Waals surface area (Å²) in [7, 11) is 0. The van der Waals surface area contributed by atoms with E-state index in [2.05, 4.69) is 26.2 Å². The Morgan fingerprint density at radius 2 is 2.12 bits per heavy atom. The largest absolute Gasteiger partial charge is 0.384 e. The Hall–Kier alpha value is -1.62. The standard InChI is InChI=1S/C12H11BrFN3/c13-10-5-4-9(14)6-8(10)7-16-12-3-1-2-11(15)17-12/h1-6H,7H2,(H3,15,16,17). The van der Waals surface area contributed by atoms with Gasteiger partial charge in [0.1, 0.15) is 17.5 Å². The molecule has 0 fully saturated rings. The van der Waals surface area contributed by atoms with Gasteiger partial charge < -0.3 is 11.1 Å². The molecule has 2 aromatic rings. The molecule has 0 atom stereocenters. The summed E-state index contributed by atoms with van der Waals surface area (Å²) in [5.41, 5.74) is 6.39. The van der Waals surface area contributed by atoms with Crippen LogP contribution in [0.25, 0.3) is 0 Å². The van der Waals surface area contributed by atoms with E-state index in [4.69, 9.17) is 5.73 Å². The number of halogens is 2. The van der Waals surface area contributed by atoms with Crippen LogP contribution >= 0.6 is 15.9 Å². The first-order valence-corrected chi connectivity index (χ1v) is 5.85. The minimum Gasteiger partial charge on any atom is -0.384 e. The molecule has 0 aliphatic carbocycles. The number of nitrogens with zero attached hydrogens (tertiary/aromatic N) is 1. The van der Waals surface area contributed by atoms with E-state index in [1.54, 1.807) is 12.1 Å². The molecule has 5 heteroatoms. The highest BCUT2D eigenvalue weighted by Gasteiger charge is 2.02. The lowest BCUT2D eigenvalue weighted by atomic mass is 10.2. The molecule has 0 aliphatic rings. The third-order valence-corrected chi connectivity index (χ3v) is 3.01. The summed E-state index contributed by atoms with van der Waals surface area (Å²) in [6.07, 6.45) is 0. The lowest BCUT2D eigenvalue weighted by Crippen LogP contribution is -2.03. The minimum absolute atomic E-state index is 0.259. The molecule has 3 nitrogen and oxygen atoms in total. The fraction of sp³-hybridized carbons (Fsp3) is 0.0833. The van der Waals surface area contributed by atoms with Crippen LogP contribution < -0.4 is 11.1 Å². The summed E-state index contributed by atoms with van der Waals surface area (Å²) in [5.74, 6) is 0.861. The topological polar surface area (TPSA) is 50.9 Å². The maximum atomic E-state index is 13.1. The molecule has 1 heterocycles. The van der Waals surface area contributed by atoms with Crippen molar-refractivity contribution in [2.45, 2.75) is 6.54 Å². The average Bonchev–Trinajstić information content (AvgIpc) is 2.30. The molecule has 0 spiro atoms. The lowest BCUT2D eigenvalue weighted by Gasteiger charge is -2.08. The molecule has 1 aromatic carbocycles. The van der Waals surface area contributed by atoms with Gasteiger partial charge in [0.15, 0.2) is 0 Å². The van der Waals surface area contributed by atoms with E-state index in [-0.39, 0.29) is 5.82 Å². The molecular formula is C12H11BrFN3. The second kappa shape index (κ2) is 5.14. The van der Waals surface area contributed by atoms with Gasteiger partial charge in [-0.1, -0.05) is 22.0 Å². The number of nitrogens with two attached hydrogens (primary N) is 1. The average molecular weight is 296 g/mol. The van der Waals surface area contributed by atoms with Crippen molar-refractivity contribution in [3.05, 3.63) is 52.3 Å². The minimum atomic E-state index is -0.259. The lowest BCUT2D eigenvalue weighted by molar-refractivity contribution is 0.625. The molecule has 1 aromatic heterocycles. The molecule has 17 heavy (non-hydrogen) atoms. The number of hydrogen-bond acceptors (Lipinski definition) is 3. The van der Waals surface area contributed by atoms with E-state index >= 15 is 0 Å². The first kappa shape index (κ1) is 11.9. The van der Waals surface area contributed by atoms with Crippen LogP contribution in [-0.4, -0.2) is 4.98 Å². The van der Waals surface area contributed by atoms with Crippen LogP contribution in [0, 0.1) is 5.82 Å². The van der Waals surface area contributed by atoms with E-state index in [9.17, 15) is 4.39 Å². The van der Waals surface area contributed by atoms with Gasteiger partial charge in [-0.2, -0.15) is 0 Å². The fourth-order valence-corrected chi connectivity index (χ4v) is 1.80. The number of hydrogen-bond donors (Lipinski definition) is 2. The summed E-state index contributed by atoms with van der Waals surface area (Å²) < 4.78 is 13.9. The van der Waals surface area contributed by atoms with Gasteiger partial charge in [0, 0.05) is 11.0 Å². The van der Waals surface area contributed by atoms with Gasteiger partial charge in [-0.25, -0.2) is 9.37 Å². The van der Waals surface area contributed by atoms with Crippen LogP contribution in [-0.2, 0) is 6.54 Å². The highest BCUT2D eigenvalue weighted by Crippen LogP contribution is 2.19. The van der Waals surface area contributed by atoms with Crippen LogP contribution in [0.5, 0.6) is 0 Å². The molecule has 0 saturated carbocycles. The Balaban J connectivity index is 2.09. The zero-order chi connectivity index (χ0) is 12.3. The van der Waals surface area contributed by atoms with E-state index in [1.165, 1.54) is 12.1 Å². The molecule has 88 valence electrons. The van der Waals surface area contributed by atoms with Gasteiger partial charge in [0.05, 0.1) is 0 Å². The predicted octanol–water partition coefficient (Wildman–Crippen LogP) is 3.18. The van der Waals surface area contributed by atoms with Crippen LogP contribution in [0.4, 0.5) is 16.0 Å². The molecule has 2 rings (SSSR count). The van der Waals surface area contributed by atoms with Crippen molar-refractivity contribution in [3.63, 3.8) is 0 Å². The Morgan fingerprint density at radius 1 is 1.29 bits per heavy atom. The van der Waals surface area contributed by atoms with Crippen molar-refractivity contribution in [1.29, 1.82) is 0 Å². The maximum absolute atomic E-state index is 13.1. The van der Waals surface area contributed by atoms with Crippen molar-refractivity contribution in [2.24, 2.45) is 0 Å². The number of nitrogens with one attached hydrogen (secondary N) is 1. The van der Waals surface area contributed by atoms with Gasteiger partial charge in [0.25, 0.3) is 0 Å². The molecular weight excluding hydrogens is 285 g/mol. The van der Waals surface area contributed by atoms with Gasteiger partial charge >= 0.3 is 0 Å². The second-order valence-electron chi connectivity index (χ2n) is 3.54. The predicted molar refractivity (Wildman–Crippen MR) is 70.1 cm³/mol. The Morgan fingerprint density at radius 3 is 2.88 bits per heavy atom. The SMILES string of the molecule is Nc1cccc(NCc2cc(F)ccc2Br)n1. The number of benzene rings is 1. The number of pyridine rings is 1. The number of nitrogen functional groups attached to an aromatic ring is 1. The van der Waals surface area contributed by atoms with E-state index < -0.39 is 0 Å². The molecule has 3 N–H and O–H groups in total. The van der Waals surface area contributed by atoms with Crippen molar-refractivity contribution in [2.75, 3.05) is 11.1 Å². The number of anilines is 2. The van der Waals surface area contributed by atoms with Crippen LogP contribution in [0.15, 0.2) is 40.9 Å². The molecule has 0 unspecified atom stereocenters. The Labute approximate surface area is 107 Å². The molecule has 0 amide bonds. The fourth-order valence-electron chi connectivity index (χ4n) is 1.41. The van der Waals surface area contributed by atoms with Crippen LogP contribution in [0.1, 0.15) is 5.56 Å². The van der Waals surface area contributed by atoms with E-state index in [0.717, 1.165) is 10.0 Å². The molecule has 0 radical (unpaired) electrons. The van der Waals surface area contributed by atoms with Crippen molar-refractivity contribution in [3.8, 4) is 0 Å². The quantitative estimate of drug-likeness (QED) is 0.914. The summed E-state index contributed by atoms with van der Waals surface area (Å²) in [6.45, 7) is 0.481. The van der Waals surface area contributed by atoms with Crippen LogP contribution in [0.2, 0.25) is 0 Å². The van der Waals surface area contributed by atoms with Gasteiger partial charge in [-0.05, 0) is 35.9 Å². The second-order valence-corrected chi connectivity index (χ2v) is 4.39. The van der Waals surface area contributed by atoms with Crippen molar-refractivity contribution in [1.82, 2.24) is 4.98 Å². The monoisotopic (exact) mass is 295 g/mol. The molecule has 0 aliphatic heterocycles. The summed E-state index contributed by atoms with van der Waals surface area (Å²) in [4.78, 5) is 4.10. The number of aromatic nitrogens is 1. The third kappa shape index (κ3) is 3.17. The molecule has 0 bridgehead atoms. The smallest absolute Gasteiger partial charge is 0.128 e. The zero-order valence-corrected chi connectivity index (χ0v) is 10.5. The number of rotatable bonds is 3. The normalized spacial score (nSPS) is 10.2. The van der Waals surface area contributed by atoms with Crippen LogP contribution in [0.3, 0.4) is 0 Å². The zero-order valence-electron chi connectivity index (χ0n) is 8.95. The Kier molecular flexibility index (Phi) is 3.58. The van der Waals surface area contributed by atoms with E-state index in [1.807, 2.05) is 12.1 Å². The van der Waals surface area contributed by atoms with Gasteiger partial charge in [0.2, 0.25) is 0 Å². The van der Waals surface area contributed by atoms with Crippen molar-refractivity contribution < 1.29 is 4.39 Å². The van der Waals surface area contributed by atoms with Gasteiger partial charge in [-0.3, -0.25) is 0 Å².